The summed E-state index contributed by atoms with van der Waals surface area (Å²) in [6, 6.07) is 9.22. The van der Waals surface area contributed by atoms with Crippen LogP contribution in [0, 0.1) is 12.7 Å². The van der Waals surface area contributed by atoms with Crippen LogP contribution in [-0.2, 0) is 0 Å². The summed E-state index contributed by atoms with van der Waals surface area (Å²) in [4.78, 5) is 0. The molecule has 20 heavy (non-hydrogen) atoms. The lowest BCUT2D eigenvalue weighted by molar-refractivity contribution is 0.575. The van der Waals surface area contributed by atoms with Crippen molar-refractivity contribution in [1.82, 2.24) is 5.32 Å². The molecule has 1 atom stereocenters. The SMILES string of the molecule is CNC(c1ccc(Br)c(C)c1)c1ccc(Br)c(Cl)c1F. The highest BCUT2D eigenvalue weighted by Crippen LogP contribution is 2.33. The summed E-state index contributed by atoms with van der Waals surface area (Å²) < 4.78 is 15.9. The standard InChI is InChI=1S/C15H13Br2ClFN/c1-8-7-9(3-5-11(8)16)15(20-2)10-4-6-12(17)13(18)14(10)19/h3-7,15,20H,1-2H3. The first kappa shape index (κ1) is 16.0. The molecule has 0 saturated heterocycles. The Morgan fingerprint density at radius 1 is 1.15 bits per heavy atom. The summed E-state index contributed by atoms with van der Waals surface area (Å²) in [6.45, 7) is 2.01. The molecule has 0 aliphatic rings. The fourth-order valence-electron chi connectivity index (χ4n) is 2.11. The van der Waals surface area contributed by atoms with E-state index in [9.17, 15) is 4.39 Å². The molecule has 1 unspecified atom stereocenters. The smallest absolute Gasteiger partial charge is 0.148 e. The van der Waals surface area contributed by atoms with Crippen molar-refractivity contribution < 1.29 is 4.39 Å². The Labute approximate surface area is 139 Å². The maximum absolute atomic E-state index is 14.4. The second-order valence-corrected chi connectivity index (χ2v) is 6.58. The fourth-order valence-corrected chi connectivity index (χ4v) is 2.84. The van der Waals surface area contributed by atoms with Crippen LogP contribution in [0.25, 0.3) is 0 Å². The van der Waals surface area contributed by atoms with Gasteiger partial charge in [-0.2, -0.15) is 0 Å². The van der Waals surface area contributed by atoms with Gasteiger partial charge >= 0.3 is 0 Å². The molecule has 2 aromatic carbocycles. The van der Waals surface area contributed by atoms with Gasteiger partial charge in [0.1, 0.15) is 5.82 Å². The van der Waals surface area contributed by atoms with E-state index >= 15 is 0 Å². The molecule has 0 fully saturated rings. The summed E-state index contributed by atoms with van der Waals surface area (Å²) in [6.07, 6.45) is 0. The third-order valence-corrected chi connectivity index (χ3v) is 5.33. The molecule has 0 spiro atoms. The molecule has 0 radical (unpaired) electrons. The maximum Gasteiger partial charge on any atom is 0.148 e. The van der Waals surface area contributed by atoms with E-state index in [2.05, 4.69) is 37.2 Å². The van der Waals surface area contributed by atoms with Gasteiger partial charge in [-0.1, -0.05) is 45.7 Å². The first-order chi connectivity index (χ1) is 9.45. The number of benzene rings is 2. The molecule has 1 nitrogen and oxygen atoms in total. The number of hydrogen-bond acceptors (Lipinski definition) is 1. The van der Waals surface area contributed by atoms with Crippen molar-refractivity contribution in [1.29, 1.82) is 0 Å². The molecule has 0 bridgehead atoms. The molecule has 1 N–H and O–H groups in total. The van der Waals surface area contributed by atoms with Gasteiger partial charge < -0.3 is 5.32 Å². The van der Waals surface area contributed by atoms with Crippen molar-refractivity contribution in [3.05, 3.63) is 66.8 Å². The van der Waals surface area contributed by atoms with Crippen molar-refractivity contribution in [2.45, 2.75) is 13.0 Å². The van der Waals surface area contributed by atoms with Gasteiger partial charge in [-0.25, -0.2) is 4.39 Å². The average molecular weight is 422 g/mol. The second-order valence-electron chi connectivity index (χ2n) is 4.49. The molecule has 2 rings (SSSR count). The molecule has 0 aromatic heterocycles. The van der Waals surface area contributed by atoms with Gasteiger partial charge in [0, 0.05) is 14.5 Å². The van der Waals surface area contributed by atoms with Crippen LogP contribution in [0.4, 0.5) is 4.39 Å². The largest absolute Gasteiger partial charge is 0.309 e. The number of rotatable bonds is 3. The Bertz CT molecular complexity index is 646. The van der Waals surface area contributed by atoms with Gasteiger partial charge in [0.2, 0.25) is 0 Å². The lowest BCUT2D eigenvalue weighted by Gasteiger charge is -2.19. The summed E-state index contributed by atoms with van der Waals surface area (Å²) >= 11 is 12.7. The van der Waals surface area contributed by atoms with Crippen LogP contribution in [0.2, 0.25) is 5.02 Å². The van der Waals surface area contributed by atoms with Crippen molar-refractivity contribution in [2.75, 3.05) is 7.05 Å². The van der Waals surface area contributed by atoms with E-state index in [1.165, 1.54) is 0 Å². The summed E-state index contributed by atoms with van der Waals surface area (Å²) in [5, 5.41) is 3.25. The summed E-state index contributed by atoms with van der Waals surface area (Å²) in [5.74, 6) is -0.402. The Hall–Kier alpha value is -0.420. The number of hydrogen-bond donors (Lipinski definition) is 1. The first-order valence-electron chi connectivity index (χ1n) is 6.02. The minimum absolute atomic E-state index is 0.108. The third-order valence-electron chi connectivity index (χ3n) is 3.18. The van der Waals surface area contributed by atoms with E-state index < -0.39 is 5.82 Å². The van der Waals surface area contributed by atoms with Gasteiger partial charge in [0.25, 0.3) is 0 Å². The minimum Gasteiger partial charge on any atom is -0.309 e. The normalized spacial score (nSPS) is 12.5. The molecule has 0 heterocycles. The Balaban J connectivity index is 2.52. The predicted molar refractivity (Wildman–Crippen MR) is 88.9 cm³/mol. The predicted octanol–water partition coefficient (Wildman–Crippen LogP) is 5.62. The molecule has 0 aliphatic heterocycles. The molecule has 106 valence electrons. The first-order valence-corrected chi connectivity index (χ1v) is 7.98. The van der Waals surface area contributed by atoms with Crippen molar-refractivity contribution in [2.24, 2.45) is 0 Å². The van der Waals surface area contributed by atoms with Crippen LogP contribution in [-0.4, -0.2) is 7.05 Å². The van der Waals surface area contributed by atoms with E-state index in [0.29, 0.717) is 10.0 Å². The Morgan fingerprint density at radius 3 is 2.40 bits per heavy atom. The number of aryl methyl sites for hydroxylation is 1. The second kappa shape index (κ2) is 6.56. The summed E-state index contributed by atoms with van der Waals surface area (Å²) in [7, 11) is 1.80. The van der Waals surface area contributed by atoms with Crippen LogP contribution in [0.3, 0.4) is 0 Å². The number of nitrogens with one attached hydrogen (secondary N) is 1. The Morgan fingerprint density at radius 2 is 1.80 bits per heavy atom. The van der Waals surface area contributed by atoms with Crippen molar-refractivity contribution in [3.8, 4) is 0 Å². The van der Waals surface area contributed by atoms with Gasteiger partial charge in [-0.3, -0.25) is 0 Å². The van der Waals surface area contributed by atoms with Gasteiger partial charge in [0.15, 0.2) is 0 Å². The highest BCUT2D eigenvalue weighted by atomic mass is 79.9. The molecule has 0 aliphatic carbocycles. The van der Waals surface area contributed by atoms with Gasteiger partial charge in [0.05, 0.1) is 11.1 Å². The topological polar surface area (TPSA) is 12.0 Å². The highest BCUT2D eigenvalue weighted by Gasteiger charge is 2.19. The van der Waals surface area contributed by atoms with Crippen molar-refractivity contribution in [3.63, 3.8) is 0 Å². The fraction of sp³-hybridized carbons (Fsp3) is 0.200. The lowest BCUT2D eigenvalue weighted by atomic mass is 9.97. The van der Waals surface area contributed by atoms with Crippen molar-refractivity contribution >= 4 is 43.5 Å². The molecule has 5 heteroatoms. The van der Waals surface area contributed by atoms with E-state index in [0.717, 1.165) is 15.6 Å². The van der Waals surface area contributed by atoms with E-state index in [-0.39, 0.29) is 11.1 Å². The maximum atomic E-state index is 14.4. The van der Waals surface area contributed by atoms with Crippen LogP contribution in [0.15, 0.2) is 39.3 Å². The lowest BCUT2D eigenvalue weighted by Crippen LogP contribution is -2.19. The van der Waals surface area contributed by atoms with Crippen LogP contribution in [0.5, 0.6) is 0 Å². The van der Waals surface area contributed by atoms with E-state index in [1.54, 1.807) is 19.2 Å². The van der Waals surface area contributed by atoms with Crippen LogP contribution < -0.4 is 5.32 Å². The van der Waals surface area contributed by atoms with Crippen LogP contribution >= 0.6 is 43.5 Å². The molecular formula is C15H13Br2ClFN. The van der Waals surface area contributed by atoms with Crippen LogP contribution in [0.1, 0.15) is 22.7 Å². The zero-order valence-electron chi connectivity index (χ0n) is 11.0. The summed E-state index contributed by atoms with van der Waals surface area (Å²) in [5.41, 5.74) is 2.62. The highest BCUT2D eigenvalue weighted by molar-refractivity contribution is 9.10. The molecular weight excluding hydrogens is 408 g/mol. The zero-order chi connectivity index (χ0) is 14.9. The van der Waals surface area contributed by atoms with E-state index in [1.807, 2.05) is 25.1 Å². The zero-order valence-corrected chi connectivity index (χ0v) is 14.9. The average Bonchev–Trinajstić information content (AvgIpc) is 2.43. The molecule has 0 amide bonds. The molecule has 0 saturated carbocycles. The molecule has 2 aromatic rings. The number of halogens is 4. The quantitative estimate of drug-likeness (QED) is 0.634. The Kier molecular flexibility index (Phi) is 5.24. The van der Waals surface area contributed by atoms with E-state index in [4.69, 9.17) is 11.6 Å². The third kappa shape index (κ3) is 3.08. The van der Waals surface area contributed by atoms with Gasteiger partial charge in [-0.15, -0.1) is 0 Å². The monoisotopic (exact) mass is 419 g/mol. The minimum atomic E-state index is -0.402. The van der Waals surface area contributed by atoms with Gasteiger partial charge in [-0.05, 0) is 53.2 Å².